The Balaban J connectivity index is 1.54. The predicted octanol–water partition coefficient (Wildman–Crippen LogP) is 12.2. The molecule has 4 aromatic carbocycles. The molecule has 0 saturated carbocycles. The molecule has 0 bridgehead atoms. The molecule has 7 aromatic rings. The van der Waals surface area contributed by atoms with Gasteiger partial charge < -0.3 is 5.11 Å². The smallest absolute Gasteiger partial charge is 0.138 e. The molecule has 0 radical (unpaired) electrons. The van der Waals surface area contributed by atoms with Crippen LogP contribution in [-0.4, -0.2) is 19.6 Å². The van der Waals surface area contributed by atoms with Gasteiger partial charge in [0.2, 0.25) is 0 Å². The molecule has 0 spiro atoms. The van der Waals surface area contributed by atoms with E-state index in [2.05, 4.69) is 170 Å². The molecule has 0 unspecified atom stereocenters. The largest absolute Gasteiger partial charge is 0.507 e. The average molecular weight is 658 g/mol. The SMILES string of the molecule is CC(C)(C)c1ccnc(-c2ccc3c4ccccc4n(-c4cc(-c5ccccc5)cc(-c5cc(C(C)(C)C)cc(C(C)(C)C)c5O)n4)c3c2)c1. The highest BCUT2D eigenvalue weighted by atomic mass is 16.3. The molecule has 252 valence electrons. The number of phenolic OH excluding ortho intramolecular Hbond substituents is 1. The minimum absolute atomic E-state index is 0.0115. The molecule has 3 heterocycles. The number of para-hydroxylation sites is 1. The van der Waals surface area contributed by atoms with Crippen LogP contribution in [-0.2, 0) is 16.2 Å². The Bertz CT molecular complexity index is 2380. The number of hydrogen-bond acceptors (Lipinski definition) is 3. The van der Waals surface area contributed by atoms with Gasteiger partial charge in [-0.25, -0.2) is 4.98 Å². The Morgan fingerprint density at radius 3 is 1.90 bits per heavy atom. The maximum absolute atomic E-state index is 12.0. The van der Waals surface area contributed by atoms with Crippen LogP contribution in [0.4, 0.5) is 0 Å². The van der Waals surface area contributed by atoms with Crippen LogP contribution in [0.15, 0.2) is 115 Å². The Morgan fingerprint density at radius 1 is 0.520 bits per heavy atom. The molecule has 0 saturated heterocycles. The van der Waals surface area contributed by atoms with Crippen molar-refractivity contribution in [3.8, 4) is 45.2 Å². The van der Waals surface area contributed by atoms with Crippen molar-refractivity contribution in [1.29, 1.82) is 0 Å². The van der Waals surface area contributed by atoms with Crippen molar-refractivity contribution in [2.75, 3.05) is 0 Å². The number of rotatable bonds is 4. The van der Waals surface area contributed by atoms with Gasteiger partial charge in [0.15, 0.2) is 0 Å². The lowest BCUT2D eigenvalue weighted by Gasteiger charge is -2.27. The van der Waals surface area contributed by atoms with Crippen LogP contribution in [0.2, 0.25) is 0 Å². The second-order valence-corrected chi connectivity index (χ2v) is 16.6. The molecule has 0 aliphatic rings. The summed E-state index contributed by atoms with van der Waals surface area (Å²) in [6.07, 6.45) is 1.91. The maximum atomic E-state index is 12.0. The van der Waals surface area contributed by atoms with E-state index < -0.39 is 0 Å². The van der Waals surface area contributed by atoms with E-state index in [1.54, 1.807) is 0 Å². The topological polar surface area (TPSA) is 50.9 Å². The number of nitrogens with zero attached hydrogens (tertiary/aromatic N) is 3. The van der Waals surface area contributed by atoms with Gasteiger partial charge in [-0.05, 0) is 81.0 Å². The summed E-state index contributed by atoms with van der Waals surface area (Å²) >= 11 is 0. The average Bonchev–Trinajstić information content (AvgIpc) is 3.41. The number of hydrogen-bond donors (Lipinski definition) is 1. The summed E-state index contributed by atoms with van der Waals surface area (Å²) in [7, 11) is 0. The van der Waals surface area contributed by atoms with Crippen LogP contribution >= 0.6 is 0 Å². The zero-order valence-electron chi connectivity index (χ0n) is 30.8. The van der Waals surface area contributed by atoms with E-state index >= 15 is 0 Å². The van der Waals surface area contributed by atoms with Crippen molar-refractivity contribution in [3.63, 3.8) is 0 Å². The monoisotopic (exact) mass is 657 g/mol. The standard InChI is InChI=1S/C46H47N3O/c1-44(2,3)32-21-22-47-38(28-32)30-19-20-35-34-17-13-14-18-40(34)49(41(35)24-30)42-25-31(29-15-11-10-12-16-29)23-39(48-42)36-26-33(45(4,5)6)27-37(43(36)50)46(7,8)9/h10-28,50H,1-9H3. The lowest BCUT2D eigenvalue weighted by Crippen LogP contribution is -2.17. The summed E-state index contributed by atoms with van der Waals surface area (Å²) in [5, 5.41) is 14.3. The highest BCUT2D eigenvalue weighted by Crippen LogP contribution is 2.43. The number of aromatic nitrogens is 3. The fourth-order valence-electron chi connectivity index (χ4n) is 6.83. The van der Waals surface area contributed by atoms with Crippen molar-refractivity contribution in [2.45, 2.75) is 78.6 Å². The third-order valence-electron chi connectivity index (χ3n) is 9.80. The third-order valence-corrected chi connectivity index (χ3v) is 9.80. The summed E-state index contributed by atoms with van der Waals surface area (Å²) in [4.78, 5) is 10.2. The van der Waals surface area contributed by atoms with Gasteiger partial charge in [0.1, 0.15) is 11.6 Å². The van der Waals surface area contributed by atoms with E-state index in [0.29, 0.717) is 0 Å². The molecule has 0 atom stereocenters. The molecule has 7 rings (SSSR count). The van der Waals surface area contributed by atoms with Crippen LogP contribution in [0.25, 0.3) is 61.3 Å². The Hall–Kier alpha value is -5.22. The van der Waals surface area contributed by atoms with Crippen LogP contribution in [0.5, 0.6) is 5.75 Å². The van der Waals surface area contributed by atoms with E-state index in [4.69, 9.17) is 9.97 Å². The van der Waals surface area contributed by atoms with Crippen LogP contribution in [0, 0.1) is 0 Å². The minimum Gasteiger partial charge on any atom is -0.507 e. The van der Waals surface area contributed by atoms with Gasteiger partial charge in [0.05, 0.1) is 22.4 Å². The molecule has 4 heteroatoms. The molecule has 3 aromatic heterocycles. The second kappa shape index (κ2) is 12.0. The predicted molar refractivity (Wildman–Crippen MR) is 210 cm³/mol. The lowest BCUT2D eigenvalue weighted by atomic mass is 9.78. The zero-order chi connectivity index (χ0) is 35.6. The Morgan fingerprint density at radius 2 is 1.20 bits per heavy atom. The summed E-state index contributed by atoms with van der Waals surface area (Å²) in [5.74, 6) is 1.07. The maximum Gasteiger partial charge on any atom is 0.138 e. The van der Waals surface area contributed by atoms with Gasteiger partial charge in [-0.1, -0.05) is 129 Å². The van der Waals surface area contributed by atoms with Crippen LogP contribution in [0.3, 0.4) is 0 Å². The molecule has 1 N–H and O–H groups in total. The van der Waals surface area contributed by atoms with Crippen molar-refractivity contribution in [3.05, 3.63) is 132 Å². The third kappa shape index (κ3) is 6.08. The van der Waals surface area contributed by atoms with E-state index in [1.165, 1.54) is 5.56 Å². The second-order valence-electron chi connectivity index (χ2n) is 16.6. The fraction of sp³-hybridized carbons (Fsp3) is 0.261. The van der Waals surface area contributed by atoms with Crippen molar-refractivity contribution >= 4 is 21.8 Å². The Kier molecular flexibility index (Phi) is 7.98. The van der Waals surface area contributed by atoms with Crippen LogP contribution < -0.4 is 0 Å². The number of phenols is 1. The summed E-state index contributed by atoms with van der Waals surface area (Å²) in [6, 6.07) is 38.5. The molecular weight excluding hydrogens is 611 g/mol. The van der Waals surface area contributed by atoms with Crippen LogP contribution in [0.1, 0.15) is 79.0 Å². The molecule has 0 aliphatic carbocycles. The van der Waals surface area contributed by atoms with Gasteiger partial charge in [-0.15, -0.1) is 0 Å². The number of pyridine rings is 2. The first-order valence-corrected chi connectivity index (χ1v) is 17.6. The van der Waals surface area contributed by atoms with Gasteiger partial charge in [0.25, 0.3) is 0 Å². The number of fused-ring (bicyclic) bond motifs is 3. The van der Waals surface area contributed by atoms with Crippen molar-refractivity contribution in [1.82, 2.24) is 14.5 Å². The molecule has 0 fully saturated rings. The summed E-state index contributed by atoms with van der Waals surface area (Å²) in [6.45, 7) is 19.8. The molecule has 0 amide bonds. The van der Waals surface area contributed by atoms with Gasteiger partial charge in [-0.3, -0.25) is 9.55 Å². The highest BCUT2D eigenvalue weighted by Gasteiger charge is 2.27. The van der Waals surface area contributed by atoms with E-state index in [-0.39, 0.29) is 22.0 Å². The summed E-state index contributed by atoms with van der Waals surface area (Å²) < 4.78 is 2.27. The normalized spacial score (nSPS) is 12.6. The van der Waals surface area contributed by atoms with Gasteiger partial charge >= 0.3 is 0 Å². The van der Waals surface area contributed by atoms with E-state index in [1.807, 2.05) is 12.3 Å². The van der Waals surface area contributed by atoms with E-state index in [9.17, 15) is 5.11 Å². The molecule has 4 nitrogen and oxygen atoms in total. The van der Waals surface area contributed by atoms with Gasteiger partial charge in [0, 0.05) is 33.7 Å². The first-order valence-electron chi connectivity index (χ1n) is 17.6. The van der Waals surface area contributed by atoms with E-state index in [0.717, 1.165) is 72.4 Å². The minimum atomic E-state index is -0.262. The van der Waals surface area contributed by atoms with Crippen molar-refractivity contribution < 1.29 is 5.11 Å². The molecule has 50 heavy (non-hydrogen) atoms. The molecular formula is C46H47N3O. The zero-order valence-corrected chi connectivity index (χ0v) is 30.8. The first kappa shape index (κ1) is 33.3. The lowest BCUT2D eigenvalue weighted by molar-refractivity contribution is 0.446. The number of benzene rings is 4. The number of aromatic hydroxyl groups is 1. The summed E-state index contributed by atoms with van der Waals surface area (Å²) in [5.41, 5.74) is 10.7. The molecule has 0 aliphatic heterocycles. The Labute approximate surface area is 296 Å². The van der Waals surface area contributed by atoms with Crippen molar-refractivity contribution in [2.24, 2.45) is 0 Å². The van der Waals surface area contributed by atoms with Gasteiger partial charge in [-0.2, -0.15) is 0 Å². The quantitative estimate of drug-likeness (QED) is 0.205. The first-order chi connectivity index (χ1) is 23.6. The highest BCUT2D eigenvalue weighted by molar-refractivity contribution is 6.10. The fourth-order valence-corrected chi connectivity index (χ4v) is 6.83.